The van der Waals surface area contributed by atoms with E-state index in [9.17, 15) is 9.59 Å². The van der Waals surface area contributed by atoms with Crippen LogP contribution in [-0.4, -0.2) is 36.1 Å². The highest BCUT2D eigenvalue weighted by molar-refractivity contribution is 5.70. The predicted molar refractivity (Wildman–Crippen MR) is 88.1 cm³/mol. The molecule has 0 aliphatic rings. The molecule has 0 bridgehead atoms. The van der Waals surface area contributed by atoms with E-state index in [4.69, 9.17) is 0 Å². The first-order valence-electron chi connectivity index (χ1n) is 7.66. The quantitative estimate of drug-likeness (QED) is 0.726. The Hall–Kier alpha value is -2.76. The summed E-state index contributed by atoms with van der Waals surface area (Å²) in [6.45, 7) is 0. The summed E-state index contributed by atoms with van der Waals surface area (Å²) in [6.07, 6.45) is 5.23. The monoisotopic (exact) mass is 328 g/mol. The first-order valence-corrected chi connectivity index (χ1v) is 7.66. The van der Waals surface area contributed by atoms with E-state index < -0.39 is 0 Å². The zero-order chi connectivity index (χ0) is 17.4. The van der Waals surface area contributed by atoms with Crippen molar-refractivity contribution in [2.45, 2.75) is 25.7 Å². The van der Waals surface area contributed by atoms with Gasteiger partial charge in [-0.05, 0) is 48.2 Å². The number of hydrogen-bond donors (Lipinski definition) is 0. The van der Waals surface area contributed by atoms with E-state index >= 15 is 0 Å². The molecule has 6 nitrogen and oxygen atoms in total. The van der Waals surface area contributed by atoms with Crippen LogP contribution >= 0.6 is 0 Å². The van der Waals surface area contributed by atoms with Gasteiger partial charge in [-0.2, -0.15) is 0 Å². The van der Waals surface area contributed by atoms with Gasteiger partial charge in [-0.3, -0.25) is 19.6 Å². The molecule has 0 aliphatic carbocycles. The zero-order valence-corrected chi connectivity index (χ0v) is 13.8. The Labute approximate surface area is 140 Å². The summed E-state index contributed by atoms with van der Waals surface area (Å²) in [5, 5.41) is 0. The number of carbonyl (C=O) groups excluding carboxylic acids is 2. The summed E-state index contributed by atoms with van der Waals surface area (Å²) in [4.78, 5) is 31.2. The van der Waals surface area contributed by atoms with Gasteiger partial charge < -0.3 is 9.47 Å². The third-order valence-electron chi connectivity index (χ3n) is 3.60. The Kier molecular flexibility index (Phi) is 6.42. The minimum atomic E-state index is -0.240. The van der Waals surface area contributed by atoms with Gasteiger partial charge in [-0.25, -0.2) is 0 Å². The Morgan fingerprint density at radius 2 is 1.25 bits per heavy atom. The predicted octanol–water partition coefficient (Wildman–Crippen LogP) is 2.35. The van der Waals surface area contributed by atoms with Gasteiger partial charge in [0.25, 0.3) is 0 Å². The molecule has 24 heavy (non-hydrogen) atoms. The van der Waals surface area contributed by atoms with E-state index in [1.54, 1.807) is 12.4 Å². The van der Waals surface area contributed by atoms with Crippen LogP contribution < -0.4 is 0 Å². The molecule has 2 rings (SSSR count). The maximum absolute atomic E-state index is 11.2. The van der Waals surface area contributed by atoms with Gasteiger partial charge in [-0.15, -0.1) is 0 Å². The smallest absolute Gasteiger partial charge is 0.305 e. The summed E-state index contributed by atoms with van der Waals surface area (Å²) in [5.41, 5.74) is 3.45. The van der Waals surface area contributed by atoms with Gasteiger partial charge in [-0.1, -0.05) is 0 Å². The number of esters is 2. The van der Waals surface area contributed by atoms with E-state index in [1.807, 2.05) is 24.3 Å². The van der Waals surface area contributed by atoms with Crippen molar-refractivity contribution < 1.29 is 19.1 Å². The molecule has 6 heteroatoms. The minimum absolute atomic E-state index is 0.240. The maximum atomic E-state index is 11.2. The number of aryl methyl sites for hydroxylation is 2. The van der Waals surface area contributed by atoms with Crippen LogP contribution in [0.3, 0.4) is 0 Å². The lowest BCUT2D eigenvalue weighted by atomic mass is 10.1. The van der Waals surface area contributed by atoms with Gasteiger partial charge in [0.15, 0.2) is 0 Å². The zero-order valence-electron chi connectivity index (χ0n) is 13.8. The number of methoxy groups -OCH3 is 2. The number of pyridine rings is 2. The lowest BCUT2D eigenvalue weighted by Crippen LogP contribution is -2.03. The molecule has 0 unspecified atom stereocenters. The average molecular weight is 328 g/mol. The fourth-order valence-electron chi connectivity index (χ4n) is 2.24. The summed E-state index contributed by atoms with van der Waals surface area (Å²) < 4.78 is 9.31. The molecule has 0 spiro atoms. The van der Waals surface area contributed by atoms with Crippen LogP contribution in [0.15, 0.2) is 36.7 Å². The normalized spacial score (nSPS) is 10.2. The molecule has 0 fully saturated rings. The number of aromatic nitrogens is 2. The van der Waals surface area contributed by atoms with Crippen molar-refractivity contribution >= 4 is 11.9 Å². The SMILES string of the molecule is COC(=O)CCc1ccnc(-c2cc(CCC(=O)OC)ccn2)c1. The Balaban J connectivity index is 2.10. The van der Waals surface area contributed by atoms with Gasteiger partial charge in [0.1, 0.15) is 0 Å². The fraction of sp³-hybridized carbons (Fsp3) is 0.333. The van der Waals surface area contributed by atoms with Crippen molar-refractivity contribution in [3.05, 3.63) is 47.8 Å². The van der Waals surface area contributed by atoms with Crippen molar-refractivity contribution in [2.24, 2.45) is 0 Å². The molecular weight excluding hydrogens is 308 g/mol. The molecule has 0 N–H and O–H groups in total. The van der Waals surface area contributed by atoms with Crippen molar-refractivity contribution in [3.8, 4) is 11.4 Å². The van der Waals surface area contributed by atoms with Gasteiger partial charge in [0.05, 0.1) is 25.6 Å². The Morgan fingerprint density at radius 3 is 1.62 bits per heavy atom. The summed E-state index contributed by atoms with van der Waals surface area (Å²) >= 11 is 0. The van der Waals surface area contributed by atoms with Crippen molar-refractivity contribution in [1.82, 2.24) is 9.97 Å². The summed E-state index contributed by atoms with van der Waals surface area (Å²) in [6, 6.07) is 7.56. The van der Waals surface area contributed by atoms with Gasteiger partial charge >= 0.3 is 11.9 Å². The largest absolute Gasteiger partial charge is 0.469 e. The maximum Gasteiger partial charge on any atom is 0.305 e. The molecule has 126 valence electrons. The van der Waals surface area contributed by atoms with Crippen LogP contribution in [0.5, 0.6) is 0 Å². The molecule has 2 heterocycles. The standard InChI is InChI=1S/C18H20N2O4/c1-23-17(21)5-3-13-7-9-19-15(11-13)16-12-14(8-10-20-16)4-6-18(22)24-2/h7-12H,3-6H2,1-2H3. The van der Waals surface area contributed by atoms with Crippen LogP contribution in [0.1, 0.15) is 24.0 Å². The average Bonchev–Trinajstić information content (AvgIpc) is 2.64. The highest BCUT2D eigenvalue weighted by Crippen LogP contribution is 2.18. The first kappa shape index (κ1) is 17.6. The first-order chi connectivity index (χ1) is 11.6. The second-order valence-electron chi connectivity index (χ2n) is 5.25. The molecule has 0 saturated carbocycles. The third-order valence-corrected chi connectivity index (χ3v) is 3.60. The molecular formula is C18H20N2O4. The van der Waals surface area contributed by atoms with E-state index in [2.05, 4.69) is 19.4 Å². The van der Waals surface area contributed by atoms with Crippen molar-refractivity contribution in [3.63, 3.8) is 0 Å². The molecule has 2 aromatic heterocycles. The molecule has 0 aliphatic heterocycles. The highest BCUT2D eigenvalue weighted by Gasteiger charge is 2.07. The van der Waals surface area contributed by atoms with Gasteiger partial charge in [0.2, 0.25) is 0 Å². The number of nitrogens with zero attached hydrogens (tertiary/aromatic N) is 2. The van der Waals surface area contributed by atoms with E-state index in [1.165, 1.54) is 14.2 Å². The Bertz CT molecular complexity index is 654. The second kappa shape index (κ2) is 8.76. The number of ether oxygens (including phenoxy) is 2. The summed E-state index contributed by atoms with van der Waals surface area (Å²) in [7, 11) is 2.76. The Morgan fingerprint density at radius 1 is 0.833 bits per heavy atom. The topological polar surface area (TPSA) is 78.4 Å². The van der Waals surface area contributed by atoms with Crippen LogP contribution in [0.4, 0.5) is 0 Å². The molecule has 2 aromatic rings. The lowest BCUT2D eigenvalue weighted by molar-refractivity contribution is -0.141. The van der Waals surface area contributed by atoms with Crippen LogP contribution in [0.25, 0.3) is 11.4 Å². The molecule has 0 atom stereocenters. The van der Waals surface area contributed by atoms with E-state index in [0.717, 1.165) is 22.5 Å². The van der Waals surface area contributed by atoms with Crippen LogP contribution in [0, 0.1) is 0 Å². The number of carbonyl (C=O) groups is 2. The fourth-order valence-corrected chi connectivity index (χ4v) is 2.24. The molecule has 0 amide bonds. The lowest BCUT2D eigenvalue weighted by Gasteiger charge is -2.06. The summed E-state index contributed by atoms with van der Waals surface area (Å²) in [5.74, 6) is -0.479. The number of hydrogen-bond acceptors (Lipinski definition) is 6. The third kappa shape index (κ3) is 5.15. The minimum Gasteiger partial charge on any atom is -0.469 e. The molecule has 0 aromatic carbocycles. The van der Waals surface area contributed by atoms with Crippen LogP contribution in [-0.2, 0) is 31.9 Å². The van der Waals surface area contributed by atoms with E-state index in [0.29, 0.717) is 25.7 Å². The van der Waals surface area contributed by atoms with Crippen LogP contribution in [0.2, 0.25) is 0 Å². The molecule has 0 radical (unpaired) electrons. The van der Waals surface area contributed by atoms with Crippen molar-refractivity contribution in [1.29, 1.82) is 0 Å². The second-order valence-corrected chi connectivity index (χ2v) is 5.25. The van der Waals surface area contributed by atoms with E-state index in [-0.39, 0.29) is 11.9 Å². The van der Waals surface area contributed by atoms with Gasteiger partial charge in [0, 0.05) is 25.2 Å². The molecule has 0 saturated heterocycles. The van der Waals surface area contributed by atoms with Crippen molar-refractivity contribution in [2.75, 3.05) is 14.2 Å². The highest BCUT2D eigenvalue weighted by atomic mass is 16.5. The number of rotatable bonds is 7.